The van der Waals surface area contributed by atoms with E-state index in [2.05, 4.69) is 17.3 Å². The van der Waals surface area contributed by atoms with Gasteiger partial charge in [-0.25, -0.2) is 0 Å². The van der Waals surface area contributed by atoms with Crippen molar-refractivity contribution in [1.29, 1.82) is 0 Å². The van der Waals surface area contributed by atoms with E-state index in [0.717, 1.165) is 12.1 Å². The predicted octanol–water partition coefficient (Wildman–Crippen LogP) is 3.08. The average Bonchev–Trinajstić information content (AvgIpc) is 2.88. The lowest BCUT2D eigenvalue weighted by Crippen LogP contribution is -2.14. The second kappa shape index (κ2) is 6.92. The number of aryl methyl sites for hydroxylation is 2. The molecule has 3 N–H and O–H groups in total. The van der Waals surface area contributed by atoms with Crippen LogP contribution in [0.2, 0.25) is 0 Å². The van der Waals surface area contributed by atoms with Crippen LogP contribution in [0.4, 0.5) is 11.4 Å². The average molecular weight is 286 g/mol. The van der Waals surface area contributed by atoms with Crippen molar-refractivity contribution < 1.29 is 4.79 Å². The molecule has 1 aromatic carbocycles. The normalized spacial score (nSPS) is 10.6. The largest absolute Gasteiger partial charge is 0.396 e. The molecule has 5 heteroatoms. The first-order valence-corrected chi connectivity index (χ1v) is 7.37. The minimum Gasteiger partial charge on any atom is -0.396 e. The summed E-state index contributed by atoms with van der Waals surface area (Å²) < 4.78 is 1.65. The van der Waals surface area contributed by atoms with Gasteiger partial charge in [0, 0.05) is 18.4 Å². The van der Waals surface area contributed by atoms with E-state index in [1.807, 2.05) is 31.2 Å². The van der Waals surface area contributed by atoms with Crippen molar-refractivity contribution in [2.45, 2.75) is 39.7 Å². The fraction of sp³-hybridized carbons (Fsp3) is 0.375. The number of hydrogen-bond acceptors (Lipinski definition) is 3. The van der Waals surface area contributed by atoms with Crippen LogP contribution in [0.15, 0.2) is 30.5 Å². The van der Waals surface area contributed by atoms with Gasteiger partial charge in [-0.2, -0.15) is 5.10 Å². The van der Waals surface area contributed by atoms with E-state index in [-0.39, 0.29) is 11.6 Å². The van der Waals surface area contributed by atoms with Gasteiger partial charge in [-0.1, -0.05) is 25.5 Å². The molecular formula is C16H22N4O. The van der Waals surface area contributed by atoms with E-state index in [9.17, 15) is 4.79 Å². The van der Waals surface area contributed by atoms with Crippen LogP contribution in [0.5, 0.6) is 0 Å². The number of carbonyl (C=O) groups excluding carboxylic acids is 1. The number of nitrogens with two attached hydrogens (primary N) is 1. The van der Waals surface area contributed by atoms with Crippen molar-refractivity contribution in [2.75, 3.05) is 11.1 Å². The molecule has 0 atom stereocenters. The summed E-state index contributed by atoms with van der Waals surface area (Å²) in [5, 5.41) is 6.99. The van der Waals surface area contributed by atoms with Gasteiger partial charge in [-0.3, -0.25) is 9.48 Å². The molecule has 0 aliphatic rings. The van der Waals surface area contributed by atoms with E-state index < -0.39 is 0 Å². The fourth-order valence-corrected chi connectivity index (χ4v) is 2.10. The molecule has 0 saturated carbocycles. The first kappa shape index (κ1) is 15.1. The molecule has 1 amide bonds. The monoisotopic (exact) mass is 286 g/mol. The van der Waals surface area contributed by atoms with Gasteiger partial charge < -0.3 is 11.1 Å². The summed E-state index contributed by atoms with van der Waals surface area (Å²) in [5.74, 6) is -0.277. The molecule has 112 valence electrons. The molecule has 2 rings (SSSR count). The Labute approximate surface area is 125 Å². The van der Waals surface area contributed by atoms with Crippen molar-refractivity contribution in [2.24, 2.45) is 0 Å². The predicted molar refractivity (Wildman–Crippen MR) is 85.3 cm³/mol. The quantitative estimate of drug-likeness (QED) is 0.857. The van der Waals surface area contributed by atoms with Gasteiger partial charge in [-0.05, 0) is 37.5 Å². The molecule has 2 aromatic rings. The highest BCUT2D eigenvalue weighted by Crippen LogP contribution is 2.15. The lowest BCUT2D eigenvalue weighted by atomic mass is 10.1. The zero-order valence-electron chi connectivity index (χ0n) is 12.6. The molecule has 0 aliphatic carbocycles. The van der Waals surface area contributed by atoms with Crippen molar-refractivity contribution in [3.05, 3.63) is 41.7 Å². The summed E-state index contributed by atoms with van der Waals surface area (Å²) in [4.78, 5) is 12.2. The maximum Gasteiger partial charge on any atom is 0.278 e. The third-order valence-corrected chi connectivity index (χ3v) is 3.36. The molecule has 1 heterocycles. The number of benzene rings is 1. The van der Waals surface area contributed by atoms with Crippen LogP contribution in [0, 0.1) is 0 Å². The molecule has 0 fully saturated rings. The number of rotatable bonds is 6. The minimum absolute atomic E-state index is 0.270. The smallest absolute Gasteiger partial charge is 0.278 e. The van der Waals surface area contributed by atoms with Crippen LogP contribution >= 0.6 is 0 Å². The summed E-state index contributed by atoms with van der Waals surface area (Å²) in [5.41, 5.74) is 8.51. The number of hydrogen-bond donors (Lipinski definition) is 2. The van der Waals surface area contributed by atoms with Gasteiger partial charge in [0.15, 0.2) is 5.69 Å². The molecule has 5 nitrogen and oxygen atoms in total. The minimum atomic E-state index is -0.277. The van der Waals surface area contributed by atoms with E-state index in [4.69, 9.17) is 5.73 Å². The maximum atomic E-state index is 12.2. The van der Waals surface area contributed by atoms with E-state index in [1.54, 1.807) is 10.9 Å². The summed E-state index contributed by atoms with van der Waals surface area (Å²) in [6.45, 7) is 4.81. The van der Waals surface area contributed by atoms with Gasteiger partial charge in [0.25, 0.3) is 5.91 Å². The van der Waals surface area contributed by atoms with Crippen LogP contribution in [-0.4, -0.2) is 15.7 Å². The second-order valence-corrected chi connectivity index (χ2v) is 5.04. The number of nitrogen functional groups attached to an aromatic ring is 1. The summed E-state index contributed by atoms with van der Waals surface area (Å²) in [6, 6.07) is 7.91. The van der Waals surface area contributed by atoms with Crippen molar-refractivity contribution >= 4 is 17.3 Å². The van der Waals surface area contributed by atoms with Crippen LogP contribution in [0.1, 0.15) is 42.7 Å². The van der Waals surface area contributed by atoms with Gasteiger partial charge >= 0.3 is 0 Å². The van der Waals surface area contributed by atoms with E-state index >= 15 is 0 Å². The third kappa shape index (κ3) is 3.84. The first-order valence-electron chi connectivity index (χ1n) is 7.37. The van der Waals surface area contributed by atoms with E-state index in [0.29, 0.717) is 12.2 Å². The summed E-state index contributed by atoms with van der Waals surface area (Å²) >= 11 is 0. The molecule has 0 aliphatic heterocycles. The van der Waals surface area contributed by atoms with Gasteiger partial charge in [0.1, 0.15) is 0 Å². The molecule has 0 saturated heterocycles. The highest BCUT2D eigenvalue weighted by molar-refractivity contribution is 6.06. The molecule has 0 bridgehead atoms. The Bertz CT molecular complexity index is 601. The van der Waals surface area contributed by atoms with Crippen molar-refractivity contribution in [1.82, 2.24) is 9.78 Å². The number of anilines is 2. The SMILES string of the molecule is CCCCc1ccc(NC(=O)c2nn(CC)cc2N)cc1. The standard InChI is InChI=1S/C16H22N4O/c1-3-5-6-12-7-9-13(10-8-12)18-16(21)15-14(17)11-20(4-2)19-15/h7-11H,3-6,17H2,1-2H3,(H,18,21). The molecule has 0 spiro atoms. The lowest BCUT2D eigenvalue weighted by Gasteiger charge is -2.05. The topological polar surface area (TPSA) is 72.9 Å². The lowest BCUT2D eigenvalue weighted by molar-refractivity contribution is 0.102. The van der Waals surface area contributed by atoms with Gasteiger partial charge in [0.05, 0.1) is 5.69 Å². The summed E-state index contributed by atoms with van der Waals surface area (Å²) in [7, 11) is 0. The van der Waals surface area contributed by atoms with Crippen LogP contribution in [0.3, 0.4) is 0 Å². The third-order valence-electron chi connectivity index (χ3n) is 3.36. The molecular weight excluding hydrogens is 264 g/mol. The number of aromatic nitrogens is 2. The van der Waals surface area contributed by atoms with Crippen LogP contribution in [0.25, 0.3) is 0 Å². The molecule has 0 unspecified atom stereocenters. The maximum absolute atomic E-state index is 12.2. The Morgan fingerprint density at radius 2 is 2.00 bits per heavy atom. The first-order chi connectivity index (χ1) is 10.1. The number of unbranched alkanes of at least 4 members (excludes halogenated alkanes) is 1. The number of carbonyl (C=O) groups is 1. The number of nitrogens with one attached hydrogen (secondary N) is 1. The Morgan fingerprint density at radius 1 is 1.29 bits per heavy atom. The number of amides is 1. The molecule has 21 heavy (non-hydrogen) atoms. The summed E-state index contributed by atoms with van der Waals surface area (Å²) in [6.07, 6.45) is 5.09. The van der Waals surface area contributed by atoms with Crippen molar-refractivity contribution in [3.63, 3.8) is 0 Å². The van der Waals surface area contributed by atoms with Gasteiger partial charge in [-0.15, -0.1) is 0 Å². The van der Waals surface area contributed by atoms with Crippen molar-refractivity contribution in [3.8, 4) is 0 Å². The van der Waals surface area contributed by atoms with Gasteiger partial charge in [0.2, 0.25) is 0 Å². The molecule has 0 radical (unpaired) electrons. The Hall–Kier alpha value is -2.30. The number of nitrogens with zero attached hydrogens (tertiary/aromatic N) is 2. The highest BCUT2D eigenvalue weighted by Gasteiger charge is 2.14. The Morgan fingerprint density at radius 3 is 2.57 bits per heavy atom. The fourth-order valence-electron chi connectivity index (χ4n) is 2.10. The van der Waals surface area contributed by atoms with Crippen LogP contribution < -0.4 is 11.1 Å². The Kier molecular flexibility index (Phi) is 4.98. The zero-order chi connectivity index (χ0) is 15.2. The van der Waals surface area contributed by atoms with E-state index in [1.165, 1.54) is 18.4 Å². The zero-order valence-corrected chi connectivity index (χ0v) is 12.6. The Balaban J connectivity index is 2.03. The van der Waals surface area contributed by atoms with Crippen LogP contribution in [-0.2, 0) is 13.0 Å². The molecule has 1 aromatic heterocycles. The highest BCUT2D eigenvalue weighted by atomic mass is 16.2. The second-order valence-electron chi connectivity index (χ2n) is 5.04.